The maximum absolute atomic E-state index is 13.1. The van der Waals surface area contributed by atoms with E-state index in [1.165, 1.54) is 4.90 Å². The lowest BCUT2D eigenvalue weighted by atomic mass is 9.66. The number of fused-ring (bicyclic) bond motifs is 1. The quantitative estimate of drug-likeness (QED) is 0.630. The zero-order valence-corrected chi connectivity index (χ0v) is 16.5. The Hall–Kier alpha value is -1.98. The average Bonchev–Trinajstić information content (AvgIpc) is 2.85. The normalized spacial score (nSPS) is 27.2. The van der Waals surface area contributed by atoms with Gasteiger partial charge < -0.3 is 10.2 Å². The monoisotopic (exact) mass is 371 g/mol. The molecule has 0 spiro atoms. The van der Waals surface area contributed by atoms with E-state index in [4.69, 9.17) is 0 Å². The number of benzene rings is 1. The molecular weight excluding hydrogens is 342 g/mol. The first-order chi connectivity index (χ1) is 12.7. The van der Waals surface area contributed by atoms with Crippen molar-refractivity contribution in [3.05, 3.63) is 47.0 Å². The summed E-state index contributed by atoms with van der Waals surface area (Å²) in [6.07, 6.45) is -0.304. The minimum Gasteiger partial charge on any atom is -0.396 e. The molecule has 5 heteroatoms. The van der Waals surface area contributed by atoms with Crippen LogP contribution < -0.4 is 0 Å². The van der Waals surface area contributed by atoms with Gasteiger partial charge in [0, 0.05) is 5.92 Å². The van der Waals surface area contributed by atoms with Crippen molar-refractivity contribution in [2.75, 3.05) is 6.61 Å². The summed E-state index contributed by atoms with van der Waals surface area (Å²) < 4.78 is 0. The number of hydrogen-bond donors (Lipinski definition) is 2. The Labute approximate surface area is 160 Å². The van der Waals surface area contributed by atoms with Crippen LogP contribution in [0.15, 0.2) is 41.5 Å². The number of aliphatic hydroxyl groups is 2. The molecule has 1 fully saturated rings. The summed E-state index contributed by atoms with van der Waals surface area (Å²) in [5.41, 5.74) is 2.14. The van der Waals surface area contributed by atoms with E-state index in [-0.39, 0.29) is 25.0 Å². The zero-order valence-electron chi connectivity index (χ0n) is 16.5. The van der Waals surface area contributed by atoms with Crippen LogP contribution in [0.3, 0.4) is 0 Å². The van der Waals surface area contributed by atoms with Crippen LogP contribution in [0, 0.1) is 23.2 Å². The van der Waals surface area contributed by atoms with Crippen molar-refractivity contribution >= 4 is 11.8 Å². The Morgan fingerprint density at radius 1 is 1.15 bits per heavy atom. The lowest BCUT2D eigenvalue weighted by Crippen LogP contribution is -2.42. The van der Waals surface area contributed by atoms with Crippen LogP contribution in [0.1, 0.15) is 39.7 Å². The molecule has 0 aromatic heterocycles. The molecule has 1 aliphatic carbocycles. The smallest absolute Gasteiger partial charge is 0.234 e. The first-order valence-electron chi connectivity index (χ1n) is 9.54. The van der Waals surface area contributed by atoms with Gasteiger partial charge in [-0.25, -0.2) is 0 Å². The van der Waals surface area contributed by atoms with Crippen LogP contribution in [0.4, 0.5) is 0 Å². The van der Waals surface area contributed by atoms with Crippen molar-refractivity contribution in [3.8, 4) is 0 Å². The van der Waals surface area contributed by atoms with Crippen LogP contribution >= 0.6 is 0 Å². The van der Waals surface area contributed by atoms with E-state index in [9.17, 15) is 19.8 Å². The van der Waals surface area contributed by atoms with Gasteiger partial charge in [0.2, 0.25) is 11.8 Å². The van der Waals surface area contributed by atoms with E-state index in [0.29, 0.717) is 6.42 Å². The number of carbonyl (C=O) groups is 2. The molecule has 27 heavy (non-hydrogen) atoms. The first-order valence-corrected chi connectivity index (χ1v) is 9.54. The molecule has 1 aliphatic heterocycles. The Morgan fingerprint density at radius 2 is 1.78 bits per heavy atom. The molecule has 1 aromatic carbocycles. The van der Waals surface area contributed by atoms with E-state index in [0.717, 1.165) is 16.7 Å². The van der Waals surface area contributed by atoms with Gasteiger partial charge in [-0.1, -0.05) is 56.7 Å². The number of aliphatic hydroxyl groups excluding tert-OH is 2. The Bertz CT molecular complexity index is 762. The second kappa shape index (κ2) is 7.21. The summed E-state index contributed by atoms with van der Waals surface area (Å²) in [7, 11) is 0. The van der Waals surface area contributed by atoms with Gasteiger partial charge in [0.25, 0.3) is 0 Å². The van der Waals surface area contributed by atoms with Crippen LogP contribution in [-0.4, -0.2) is 39.6 Å². The maximum atomic E-state index is 13.1. The van der Waals surface area contributed by atoms with Crippen molar-refractivity contribution in [2.45, 2.75) is 46.8 Å². The molecule has 1 saturated heterocycles. The van der Waals surface area contributed by atoms with Gasteiger partial charge in [-0.3, -0.25) is 14.5 Å². The highest BCUT2D eigenvalue weighted by atomic mass is 16.3. The van der Waals surface area contributed by atoms with Gasteiger partial charge in [0.05, 0.1) is 31.1 Å². The fourth-order valence-corrected chi connectivity index (χ4v) is 4.48. The van der Waals surface area contributed by atoms with Crippen LogP contribution in [0.2, 0.25) is 0 Å². The van der Waals surface area contributed by atoms with E-state index < -0.39 is 29.3 Å². The van der Waals surface area contributed by atoms with Gasteiger partial charge in [-0.2, -0.15) is 0 Å². The number of amides is 2. The third-order valence-electron chi connectivity index (χ3n) is 5.91. The van der Waals surface area contributed by atoms with E-state index in [1.54, 1.807) is 0 Å². The second-order valence-electron chi connectivity index (χ2n) is 8.88. The summed E-state index contributed by atoms with van der Waals surface area (Å²) in [6.45, 7) is 7.70. The molecule has 3 rings (SSSR count). The minimum absolute atomic E-state index is 0.170. The minimum atomic E-state index is -0.762. The van der Waals surface area contributed by atoms with Gasteiger partial charge in [0.1, 0.15) is 0 Å². The molecule has 0 radical (unpaired) electrons. The number of rotatable bonds is 4. The number of likely N-dealkylation sites (tertiary alicyclic amines) is 1. The van der Waals surface area contributed by atoms with E-state index >= 15 is 0 Å². The van der Waals surface area contributed by atoms with E-state index in [2.05, 4.69) is 0 Å². The second-order valence-corrected chi connectivity index (χ2v) is 8.88. The SMILES string of the molecule is CC1=C([C@H](O)C(C)(C)C)[C@H](CO)[C@@H]2C(=O)N(Cc3ccccc3)C(=O)[C@@H]2C1. The van der Waals surface area contributed by atoms with Crippen molar-refractivity contribution in [1.82, 2.24) is 4.90 Å². The standard InChI is InChI=1S/C22H29NO4/c1-13-10-15-18(16(12-24)17(13)19(25)22(2,3)4)21(27)23(20(15)26)11-14-8-6-5-7-9-14/h5-9,15-16,18-19,24-25H,10-12H2,1-4H3/t15-,16+,18-,19+/m1/s1. The molecule has 0 saturated carbocycles. The third-order valence-corrected chi connectivity index (χ3v) is 5.91. The number of allylic oxidation sites excluding steroid dienone is 1. The maximum Gasteiger partial charge on any atom is 0.234 e. The highest BCUT2D eigenvalue weighted by molar-refractivity contribution is 6.05. The molecule has 0 bridgehead atoms. The van der Waals surface area contributed by atoms with Crippen molar-refractivity contribution in [3.63, 3.8) is 0 Å². The van der Waals surface area contributed by atoms with Crippen molar-refractivity contribution in [2.24, 2.45) is 23.2 Å². The average molecular weight is 371 g/mol. The predicted molar refractivity (Wildman–Crippen MR) is 102 cm³/mol. The number of imide groups is 1. The van der Waals surface area contributed by atoms with Gasteiger partial charge in [-0.05, 0) is 29.9 Å². The summed E-state index contributed by atoms with van der Waals surface area (Å²) in [4.78, 5) is 27.4. The molecule has 4 atom stereocenters. The number of carbonyl (C=O) groups excluding carboxylic acids is 2. The molecule has 2 N–H and O–H groups in total. The Kier molecular flexibility index (Phi) is 5.28. The van der Waals surface area contributed by atoms with Crippen LogP contribution in [0.5, 0.6) is 0 Å². The van der Waals surface area contributed by atoms with Gasteiger partial charge >= 0.3 is 0 Å². The van der Waals surface area contributed by atoms with Gasteiger partial charge in [-0.15, -0.1) is 0 Å². The van der Waals surface area contributed by atoms with Crippen LogP contribution in [0.25, 0.3) is 0 Å². The van der Waals surface area contributed by atoms with Crippen LogP contribution in [-0.2, 0) is 16.1 Å². The third kappa shape index (κ3) is 3.46. The largest absolute Gasteiger partial charge is 0.396 e. The van der Waals surface area contributed by atoms with E-state index in [1.807, 2.05) is 58.0 Å². The molecule has 1 aromatic rings. The first kappa shape index (κ1) is 19.8. The fraction of sp³-hybridized carbons (Fsp3) is 0.545. The molecule has 2 amide bonds. The summed E-state index contributed by atoms with van der Waals surface area (Å²) in [5.74, 6) is -1.97. The zero-order chi connectivity index (χ0) is 19.9. The van der Waals surface area contributed by atoms with Crippen molar-refractivity contribution < 1.29 is 19.8 Å². The summed E-state index contributed by atoms with van der Waals surface area (Å²) in [6, 6.07) is 9.45. The van der Waals surface area contributed by atoms with Crippen molar-refractivity contribution in [1.29, 1.82) is 0 Å². The summed E-state index contributed by atoms with van der Waals surface area (Å²) in [5, 5.41) is 21.0. The Morgan fingerprint density at radius 3 is 2.33 bits per heavy atom. The lowest BCUT2D eigenvalue weighted by Gasteiger charge is -2.39. The molecule has 5 nitrogen and oxygen atoms in total. The Balaban J connectivity index is 1.94. The molecule has 0 unspecified atom stereocenters. The molecule has 1 heterocycles. The highest BCUT2D eigenvalue weighted by Crippen LogP contribution is 2.47. The topological polar surface area (TPSA) is 77.8 Å². The van der Waals surface area contributed by atoms with Gasteiger partial charge in [0.15, 0.2) is 0 Å². The molecule has 146 valence electrons. The summed E-state index contributed by atoms with van der Waals surface area (Å²) >= 11 is 0. The molecule has 2 aliphatic rings. The highest BCUT2D eigenvalue weighted by Gasteiger charge is 2.54. The number of hydrogen-bond acceptors (Lipinski definition) is 4. The predicted octanol–water partition coefficient (Wildman–Crippen LogP) is 2.52. The molecular formula is C22H29NO4. The fourth-order valence-electron chi connectivity index (χ4n) is 4.48. The lowest BCUT2D eigenvalue weighted by molar-refractivity contribution is -0.141. The number of nitrogens with zero attached hydrogens (tertiary/aromatic N) is 1.